The highest BCUT2D eigenvalue weighted by Crippen LogP contribution is 2.32. The average Bonchev–Trinajstić information content (AvgIpc) is 2.91. The van der Waals surface area contributed by atoms with Crippen LogP contribution in [0.15, 0.2) is 54.1 Å². The lowest BCUT2D eigenvalue weighted by atomic mass is 9.94. The molecule has 0 bridgehead atoms. The van der Waals surface area contributed by atoms with Crippen LogP contribution < -0.4 is 16.1 Å². The summed E-state index contributed by atoms with van der Waals surface area (Å²) < 4.78 is -0.588. The predicted molar refractivity (Wildman–Crippen MR) is 146 cm³/mol. The summed E-state index contributed by atoms with van der Waals surface area (Å²) in [6.07, 6.45) is 18.3. The third-order valence-corrected chi connectivity index (χ3v) is 7.42. The number of likely N-dealkylation sites (N-methyl/N-ethyl adjacent to an activating group) is 1. The van der Waals surface area contributed by atoms with Gasteiger partial charge in [-0.2, -0.15) is 0 Å². The Labute approximate surface area is 219 Å². The Morgan fingerprint density at radius 2 is 1.81 bits per heavy atom. The summed E-state index contributed by atoms with van der Waals surface area (Å²) in [6.45, 7) is 3.88. The van der Waals surface area contributed by atoms with Gasteiger partial charge in [0.2, 0.25) is 17.7 Å². The van der Waals surface area contributed by atoms with Crippen molar-refractivity contribution in [2.75, 3.05) is 12.8 Å². The Bertz CT molecular complexity index is 925. The number of allylic oxidation sites excluding steroid dienone is 3. The quantitative estimate of drug-likeness (QED) is 0.182. The second-order valence-corrected chi connectivity index (χ2v) is 10.7. The largest absolute Gasteiger partial charge is 0.357 e. The zero-order chi connectivity index (χ0) is 27.0. The fourth-order valence-electron chi connectivity index (χ4n) is 3.88. The number of hydrogen-bond acceptors (Lipinski definition) is 5. The van der Waals surface area contributed by atoms with Gasteiger partial charge in [-0.05, 0) is 57.1 Å². The van der Waals surface area contributed by atoms with Crippen LogP contribution in [0.5, 0.6) is 0 Å². The number of carbonyl (C=O) groups is 3. The molecule has 8 heteroatoms. The number of hydrogen-bond donors (Lipinski definition) is 4. The van der Waals surface area contributed by atoms with Gasteiger partial charge in [0.1, 0.15) is 6.04 Å². The molecule has 36 heavy (non-hydrogen) atoms. The van der Waals surface area contributed by atoms with Gasteiger partial charge in [0.25, 0.3) is 0 Å². The van der Waals surface area contributed by atoms with Crippen LogP contribution >= 0.6 is 11.8 Å². The van der Waals surface area contributed by atoms with E-state index in [4.69, 9.17) is 5.21 Å². The molecule has 0 heterocycles. The maximum absolute atomic E-state index is 13.2. The fourth-order valence-corrected chi connectivity index (χ4v) is 4.96. The van der Waals surface area contributed by atoms with Gasteiger partial charge in [-0.25, -0.2) is 5.48 Å². The maximum Gasteiger partial charge on any atom is 0.244 e. The Kier molecular flexibility index (Phi) is 14.3. The number of thioether (sulfide) groups is 1. The molecule has 4 N–H and O–H groups in total. The number of terminal acetylenes is 1. The van der Waals surface area contributed by atoms with Crippen molar-refractivity contribution in [1.29, 1.82) is 0 Å². The van der Waals surface area contributed by atoms with Crippen LogP contribution in [0.1, 0.15) is 51.5 Å². The molecule has 0 saturated heterocycles. The molecular weight excluding hydrogens is 474 g/mol. The third kappa shape index (κ3) is 10.7. The van der Waals surface area contributed by atoms with Gasteiger partial charge in [0, 0.05) is 29.9 Å². The fraction of sp³-hybridized carbons (Fsp3) is 0.464. The minimum Gasteiger partial charge on any atom is -0.357 e. The summed E-state index contributed by atoms with van der Waals surface area (Å²) in [7, 11) is 1.55. The van der Waals surface area contributed by atoms with Crippen molar-refractivity contribution in [2.24, 2.45) is 5.92 Å². The van der Waals surface area contributed by atoms with E-state index >= 15 is 0 Å². The molecule has 1 aromatic rings. The Hall–Kier alpha value is -3.02. The molecule has 0 spiro atoms. The van der Waals surface area contributed by atoms with Crippen LogP contribution in [-0.4, -0.2) is 46.5 Å². The molecular formula is C28H39N3O4S. The number of rotatable bonds is 13. The van der Waals surface area contributed by atoms with Crippen LogP contribution in [0.2, 0.25) is 0 Å². The highest BCUT2D eigenvalue weighted by Gasteiger charge is 2.38. The minimum absolute atomic E-state index is 0.150. The van der Waals surface area contributed by atoms with E-state index in [9.17, 15) is 14.4 Å². The monoisotopic (exact) mass is 513 g/mol. The highest BCUT2D eigenvalue weighted by molar-refractivity contribution is 8.00. The van der Waals surface area contributed by atoms with Crippen molar-refractivity contribution in [2.45, 2.75) is 63.2 Å². The van der Waals surface area contributed by atoms with E-state index in [0.717, 1.165) is 30.6 Å². The Morgan fingerprint density at radius 1 is 1.11 bits per heavy atom. The summed E-state index contributed by atoms with van der Waals surface area (Å²) in [4.78, 5) is 37.9. The van der Waals surface area contributed by atoms with Gasteiger partial charge in [-0.1, -0.05) is 48.6 Å². The van der Waals surface area contributed by atoms with Crippen LogP contribution in [0, 0.1) is 18.8 Å². The van der Waals surface area contributed by atoms with Crippen molar-refractivity contribution < 1.29 is 19.6 Å². The first-order chi connectivity index (χ1) is 17.3. The Balaban J connectivity index is 0.00000316. The first kappa shape index (κ1) is 31.0. The molecule has 1 aromatic carbocycles. The number of carbonyl (C=O) groups excluding carboxylic acids is 3. The summed E-state index contributed by atoms with van der Waals surface area (Å²) in [5, 5.41) is 14.5. The molecule has 2 unspecified atom stereocenters. The summed E-state index contributed by atoms with van der Waals surface area (Å²) in [5.74, 6) is -1.20. The molecule has 0 aliphatic heterocycles. The van der Waals surface area contributed by atoms with Crippen LogP contribution in [0.3, 0.4) is 0 Å². The average molecular weight is 514 g/mol. The van der Waals surface area contributed by atoms with E-state index < -0.39 is 22.6 Å². The van der Waals surface area contributed by atoms with E-state index in [0.29, 0.717) is 12.8 Å². The van der Waals surface area contributed by atoms with E-state index in [1.807, 2.05) is 44.2 Å². The van der Waals surface area contributed by atoms with E-state index in [1.165, 1.54) is 5.57 Å². The minimum atomic E-state index is -0.781. The van der Waals surface area contributed by atoms with Gasteiger partial charge < -0.3 is 10.6 Å². The van der Waals surface area contributed by atoms with Gasteiger partial charge in [-0.3, -0.25) is 19.6 Å². The van der Waals surface area contributed by atoms with Crippen LogP contribution in [-0.2, 0) is 20.8 Å². The lowest BCUT2D eigenvalue weighted by Crippen LogP contribution is -2.57. The van der Waals surface area contributed by atoms with Crippen molar-refractivity contribution in [1.82, 2.24) is 16.1 Å². The van der Waals surface area contributed by atoms with Crippen molar-refractivity contribution in [3.63, 3.8) is 0 Å². The topological polar surface area (TPSA) is 108 Å². The lowest BCUT2D eigenvalue weighted by molar-refractivity contribution is -0.136. The van der Waals surface area contributed by atoms with Crippen molar-refractivity contribution in [3.8, 4) is 12.8 Å². The number of nitrogens with one attached hydrogen (secondary N) is 3. The first-order valence-electron chi connectivity index (χ1n) is 12.1. The van der Waals surface area contributed by atoms with Gasteiger partial charge in [-0.15, -0.1) is 24.6 Å². The molecule has 0 saturated carbocycles. The molecule has 1 aliphatic carbocycles. The van der Waals surface area contributed by atoms with Crippen LogP contribution in [0.25, 0.3) is 0 Å². The molecule has 0 radical (unpaired) electrons. The molecule has 3 amide bonds. The molecule has 7 nitrogen and oxygen atoms in total. The molecule has 0 aromatic heterocycles. The Morgan fingerprint density at radius 3 is 2.39 bits per heavy atom. The molecule has 196 valence electrons. The maximum atomic E-state index is 13.2. The SMILES string of the molecule is C#C.CNC(=O)C(NC(=O)C(CCCc1ccccc1)CC(=O)NO)C(C)(C)SCC1=CCCC=C1. The number of hydroxylamine groups is 1. The van der Waals surface area contributed by atoms with E-state index in [2.05, 4.69) is 41.7 Å². The zero-order valence-corrected chi connectivity index (χ0v) is 22.3. The van der Waals surface area contributed by atoms with Crippen molar-refractivity contribution in [3.05, 3.63) is 59.7 Å². The number of aryl methyl sites for hydroxylation is 1. The summed E-state index contributed by atoms with van der Waals surface area (Å²) in [6, 6.07) is 9.14. The normalized spacial score (nSPS) is 14.3. The molecule has 2 atom stereocenters. The first-order valence-corrected chi connectivity index (χ1v) is 13.1. The highest BCUT2D eigenvalue weighted by atomic mass is 32.2. The summed E-state index contributed by atoms with van der Waals surface area (Å²) in [5.41, 5.74) is 3.98. The van der Waals surface area contributed by atoms with E-state index in [-0.39, 0.29) is 18.2 Å². The van der Waals surface area contributed by atoms with Gasteiger partial charge in [0.05, 0.1) is 0 Å². The molecule has 1 aliphatic rings. The summed E-state index contributed by atoms with van der Waals surface area (Å²) >= 11 is 1.61. The standard InChI is InChI=1S/C26H37N3O4S.C2H2/c1-26(2,34-18-20-13-8-5-9-14-20)23(25(32)27-3)28-24(31)21(17-22(30)29-33)16-10-15-19-11-6-4-7-12-19;1-2/h4,6-8,11-14,21,23,33H,5,9-10,15-18H2,1-3H3,(H,27,32)(H,28,31)(H,29,30);1-2H. The number of amides is 3. The van der Waals surface area contributed by atoms with Gasteiger partial charge in [0.15, 0.2) is 0 Å². The third-order valence-electron chi connectivity index (χ3n) is 5.96. The van der Waals surface area contributed by atoms with Crippen LogP contribution in [0.4, 0.5) is 0 Å². The smallest absolute Gasteiger partial charge is 0.244 e. The zero-order valence-electron chi connectivity index (χ0n) is 21.5. The second kappa shape index (κ2) is 16.6. The van der Waals surface area contributed by atoms with Crippen molar-refractivity contribution >= 4 is 29.5 Å². The molecule has 2 rings (SSSR count). The predicted octanol–water partition coefficient (Wildman–Crippen LogP) is 3.79. The van der Waals surface area contributed by atoms with E-state index in [1.54, 1.807) is 24.3 Å². The molecule has 0 fully saturated rings. The second-order valence-electron chi connectivity index (χ2n) is 9.02. The lowest BCUT2D eigenvalue weighted by Gasteiger charge is -2.34. The van der Waals surface area contributed by atoms with Gasteiger partial charge >= 0.3 is 0 Å². The number of benzene rings is 1.